The lowest BCUT2D eigenvalue weighted by Gasteiger charge is -2.28. The predicted octanol–water partition coefficient (Wildman–Crippen LogP) is 5.81. The largest absolute Gasteiger partial charge is 0.494 e. The van der Waals surface area contributed by atoms with Crippen LogP contribution in [-0.2, 0) is 4.79 Å². The monoisotopic (exact) mass is 315 g/mol. The number of unbranched alkanes of at least 4 members (excludes halogenated alkanes) is 3. The molecule has 0 unspecified atom stereocenters. The number of carbonyl (C=O) groups excluding carboxylic acids is 1. The molecule has 0 N–H and O–H groups in total. The van der Waals surface area contributed by atoms with E-state index in [0.717, 1.165) is 43.5 Å². The van der Waals surface area contributed by atoms with Gasteiger partial charge in [0.25, 0.3) is 0 Å². The first kappa shape index (κ1) is 18.0. The van der Waals surface area contributed by atoms with E-state index in [-0.39, 0.29) is 0 Å². The Morgan fingerprint density at radius 3 is 2.43 bits per heavy atom. The molecule has 0 spiro atoms. The fourth-order valence-corrected chi connectivity index (χ4v) is 3.69. The standard InChI is InChI=1S/C21H31O2/c1-2-7-18-8-10-19(11-9-18)20-12-14-21(15-13-20)23-17-6-4-3-5-16-22/h12-15,18-19H,2-11,17H2,1H3/t18-,19-. The van der Waals surface area contributed by atoms with Gasteiger partial charge in [-0.25, -0.2) is 0 Å². The van der Waals surface area contributed by atoms with Gasteiger partial charge < -0.3 is 4.74 Å². The van der Waals surface area contributed by atoms with E-state index in [0.29, 0.717) is 6.42 Å². The van der Waals surface area contributed by atoms with Crippen molar-refractivity contribution in [2.45, 2.75) is 77.0 Å². The molecule has 1 saturated carbocycles. The number of benzene rings is 1. The Kier molecular flexibility index (Phi) is 8.20. The third-order valence-electron chi connectivity index (χ3n) is 5.09. The van der Waals surface area contributed by atoms with Crippen LogP contribution in [0.5, 0.6) is 5.75 Å². The summed E-state index contributed by atoms with van der Waals surface area (Å²) in [5.74, 6) is 2.68. The predicted molar refractivity (Wildman–Crippen MR) is 95.7 cm³/mol. The molecule has 0 heterocycles. The second kappa shape index (κ2) is 10.5. The molecule has 1 aliphatic rings. The molecule has 0 atom stereocenters. The van der Waals surface area contributed by atoms with Gasteiger partial charge in [0.2, 0.25) is 0 Å². The number of hydrogen-bond acceptors (Lipinski definition) is 2. The topological polar surface area (TPSA) is 26.3 Å². The zero-order valence-corrected chi connectivity index (χ0v) is 14.6. The summed E-state index contributed by atoms with van der Waals surface area (Å²) in [4.78, 5) is 10.1. The summed E-state index contributed by atoms with van der Waals surface area (Å²) < 4.78 is 5.78. The minimum atomic E-state index is 0.551. The van der Waals surface area contributed by atoms with Crippen LogP contribution >= 0.6 is 0 Å². The van der Waals surface area contributed by atoms with E-state index in [2.05, 4.69) is 31.2 Å². The summed E-state index contributed by atoms with van der Waals surface area (Å²) in [7, 11) is 0. The summed E-state index contributed by atoms with van der Waals surface area (Å²) in [5, 5.41) is 0. The van der Waals surface area contributed by atoms with E-state index < -0.39 is 0 Å². The van der Waals surface area contributed by atoms with E-state index in [9.17, 15) is 4.79 Å². The normalized spacial score (nSPS) is 21.1. The molecule has 1 aliphatic carbocycles. The quantitative estimate of drug-likeness (QED) is 0.509. The molecule has 2 nitrogen and oxygen atoms in total. The van der Waals surface area contributed by atoms with Crippen molar-refractivity contribution in [3.63, 3.8) is 0 Å². The highest BCUT2D eigenvalue weighted by atomic mass is 16.5. The Labute approximate surface area is 141 Å². The first-order chi connectivity index (χ1) is 11.3. The number of rotatable bonds is 10. The Bertz CT molecular complexity index is 430. The molecule has 1 aromatic rings. The first-order valence-corrected chi connectivity index (χ1v) is 9.41. The maximum absolute atomic E-state index is 10.1. The molecule has 0 aromatic heterocycles. The first-order valence-electron chi connectivity index (χ1n) is 9.41. The third kappa shape index (κ3) is 6.37. The van der Waals surface area contributed by atoms with Crippen LogP contribution in [0.1, 0.15) is 82.6 Å². The van der Waals surface area contributed by atoms with Gasteiger partial charge in [-0.1, -0.05) is 31.9 Å². The van der Waals surface area contributed by atoms with E-state index >= 15 is 0 Å². The van der Waals surface area contributed by atoms with Gasteiger partial charge in [-0.05, 0) is 74.5 Å². The van der Waals surface area contributed by atoms with Crippen molar-refractivity contribution in [3.05, 3.63) is 29.8 Å². The highest BCUT2D eigenvalue weighted by Gasteiger charge is 2.21. The van der Waals surface area contributed by atoms with Crippen LogP contribution in [-0.4, -0.2) is 12.9 Å². The second-order valence-electron chi connectivity index (χ2n) is 6.88. The molecule has 0 amide bonds. The van der Waals surface area contributed by atoms with Crippen LogP contribution in [0.2, 0.25) is 0 Å². The molecule has 2 rings (SSSR count). The van der Waals surface area contributed by atoms with Crippen molar-refractivity contribution in [1.82, 2.24) is 0 Å². The van der Waals surface area contributed by atoms with Crippen molar-refractivity contribution >= 4 is 6.29 Å². The Hall–Kier alpha value is -1.31. The average molecular weight is 315 g/mol. The van der Waals surface area contributed by atoms with Gasteiger partial charge >= 0.3 is 0 Å². The molecule has 1 aromatic carbocycles. The fraction of sp³-hybridized carbons (Fsp3) is 0.667. The van der Waals surface area contributed by atoms with Crippen LogP contribution in [0.4, 0.5) is 0 Å². The van der Waals surface area contributed by atoms with Crippen molar-refractivity contribution in [3.8, 4) is 5.75 Å². The van der Waals surface area contributed by atoms with Gasteiger partial charge in [0.05, 0.1) is 6.61 Å². The van der Waals surface area contributed by atoms with Crippen molar-refractivity contribution in [1.29, 1.82) is 0 Å². The fourth-order valence-electron chi connectivity index (χ4n) is 3.69. The molecule has 1 radical (unpaired) electrons. The highest BCUT2D eigenvalue weighted by molar-refractivity contribution is 5.50. The molecule has 0 bridgehead atoms. The van der Waals surface area contributed by atoms with Crippen LogP contribution in [0.15, 0.2) is 24.3 Å². The molecular formula is C21H31O2. The van der Waals surface area contributed by atoms with Crippen molar-refractivity contribution in [2.75, 3.05) is 6.61 Å². The molecule has 23 heavy (non-hydrogen) atoms. The molecule has 2 heteroatoms. The van der Waals surface area contributed by atoms with E-state index in [1.54, 1.807) is 0 Å². The van der Waals surface area contributed by atoms with Gasteiger partial charge in [0.15, 0.2) is 6.29 Å². The smallest absolute Gasteiger partial charge is 0.198 e. The van der Waals surface area contributed by atoms with Crippen molar-refractivity contribution < 1.29 is 9.53 Å². The Balaban J connectivity index is 1.69. The lowest BCUT2D eigenvalue weighted by atomic mass is 9.77. The zero-order valence-electron chi connectivity index (χ0n) is 14.6. The van der Waals surface area contributed by atoms with Gasteiger partial charge in [-0.3, -0.25) is 4.79 Å². The third-order valence-corrected chi connectivity index (χ3v) is 5.09. The lowest BCUT2D eigenvalue weighted by molar-refractivity contribution is 0.302. The lowest BCUT2D eigenvalue weighted by Crippen LogP contribution is -2.13. The van der Waals surface area contributed by atoms with Gasteiger partial charge in [-0.2, -0.15) is 0 Å². The number of hydrogen-bond donors (Lipinski definition) is 0. The van der Waals surface area contributed by atoms with Crippen molar-refractivity contribution in [2.24, 2.45) is 5.92 Å². The molecule has 0 aliphatic heterocycles. The second-order valence-corrected chi connectivity index (χ2v) is 6.88. The summed E-state index contributed by atoms with van der Waals surface area (Å²) in [5.41, 5.74) is 1.48. The van der Waals surface area contributed by atoms with Gasteiger partial charge in [-0.15, -0.1) is 0 Å². The minimum absolute atomic E-state index is 0.551. The van der Waals surface area contributed by atoms with Crippen LogP contribution in [0, 0.1) is 5.92 Å². The maximum atomic E-state index is 10.1. The van der Waals surface area contributed by atoms with Gasteiger partial charge in [0.1, 0.15) is 5.75 Å². The molecule has 1 fully saturated rings. The zero-order chi connectivity index (χ0) is 16.3. The molecule has 0 saturated heterocycles. The van der Waals surface area contributed by atoms with E-state index in [4.69, 9.17) is 4.74 Å². The molecule has 127 valence electrons. The maximum Gasteiger partial charge on any atom is 0.198 e. The summed E-state index contributed by atoms with van der Waals surface area (Å²) in [6, 6.07) is 8.74. The Morgan fingerprint density at radius 1 is 1.04 bits per heavy atom. The van der Waals surface area contributed by atoms with Gasteiger partial charge in [0, 0.05) is 6.42 Å². The highest BCUT2D eigenvalue weighted by Crippen LogP contribution is 2.37. The van der Waals surface area contributed by atoms with Crippen LogP contribution in [0.3, 0.4) is 0 Å². The number of ether oxygens (including phenoxy) is 1. The van der Waals surface area contributed by atoms with Crippen LogP contribution in [0.25, 0.3) is 0 Å². The minimum Gasteiger partial charge on any atom is -0.494 e. The summed E-state index contributed by atoms with van der Waals surface area (Å²) >= 11 is 0. The van der Waals surface area contributed by atoms with E-state index in [1.165, 1.54) is 44.1 Å². The average Bonchev–Trinajstić information content (AvgIpc) is 2.60. The van der Waals surface area contributed by atoms with Crippen LogP contribution < -0.4 is 4.74 Å². The summed E-state index contributed by atoms with van der Waals surface area (Å²) in [6.45, 7) is 3.03. The Morgan fingerprint density at radius 2 is 1.78 bits per heavy atom. The molecular weight excluding hydrogens is 284 g/mol. The SMILES string of the molecule is CCC[C@H]1CC[C@H](c2ccc(OCCCCC[C]=O)cc2)CC1. The summed E-state index contributed by atoms with van der Waals surface area (Å²) in [6.07, 6.45) is 13.7. The van der Waals surface area contributed by atoms with E-state index in [1.807, 2.05) is 6.29 Å².